The molecule has 0 radical (unpaired) electrons. The van der Waals surface area contributed by atoms with Crippen molar-refractivity contribution < 1.29 is 18.7 Å². The van der Waals surface area contributed by atoms with Gasteiger partial charge in [0.2, 0.25) is 0 Å². The average Bonchev–Trinajstić information content (AvgIpc) is 2.68. The van der Waals surface area contributed by atoms with Crippen molar-refractivity contribution in [3.05, 3.63) is 53.8 Å². The fourth-order valence-electron chi connectivity index (χ4n) is 3.23. The number of halogens is 1. The second-order valence-electron chi connectivity index (χ2n) is 6.09. The van der Waals surface area contributed by atoms with Gasteiger partial charge in [-0.25, -0.2) is 4.39 Å². The van der Waals surface area contributed by atoms with E-state index in [2.05, 4.69) is 4.90 Å². The molecule has 2 aliphatic rings. The molecule has 1 saturated heterocycles. The summed E-state index contributed by atoms with van der Waals surface area (Å²) < 4.78 is 24.3. The summed E-state index contributed by atoms with van der Waals surface area (Å²) in [4.78, 5) is 16.9. The second-order valence-corrected chi connectivity index (χ2v) is 6.09. The van der Waals surface area contributed by atoms with Crippen molar-refractivity contribution in [3.63, 3.8) is 0 Å². The summed E-state index contributed by atoms with van der Waals surface area (Å²) in [5.74, 6) is 0.886. The minimum Gasteiger partial charge on any atom is -0.486 e. The Morgan fingerprint density at radius 2 is 1.64 bits per heavy atom. The predicted molar refractivity (Wildman–Crippen MR) is 91.9 cm³/mol. The van der Waals surface area contributed by atoms with Crippen LogP contribution in [-0.2, 0) is 0 Å². The number of para-hydroxylation sites is 1. The van der Waals surface area contributed by atoms with Crippen molar-refractivity contribution in [2.75, 3.05) is 44.3 Å². The molecule has 0 N–H and O–H groups in total. The standard InChI is InChI=1S/C19H19FN2O3/c20-14-4-6-15(7-5-14)21-8-10-22(11-9-21)19(23)16-2-1-3-17-18(16)25-13-12-24-17/h1-7H,8-13H2. The third kappa shape index (κ3) is 3.12. The van der Waals surface area contributed by atoms with Crippen molar-refractivity contribution in [1.82, 2.24) is 4.90 Å². The topological polar surface area (TPSA) is 42.0 Å². The number of carbonyl (C=O) groups is 1. The van der Waals surface area contributed by atoms with Gasteiger partial charge in [-0.1, -0.05) is 6.07 Å². The van der Waals surface area contributed by atoms with Crippen LogP contribution in [0.4, 0.5) is 10.1 Å². The molecule has 0 bridgehead atoms. The molecule has 0 unspecified atom stereocenters. The molecule has 25 heavy (non-hydrogen) atoms. The van der Waals surface area contributed by atoms with Crippen LogP contribution in [0.1, 0.15) is 10.4 Å². The molecule has 2 aliphatic heterocycles. The summed E-state index contributed by atoms with van der Waals surface area (Å²) in [5, 5.41) is 0. The number of nitrogens with zero attached hydrogens (tertiary/aromatic N) is 2. The molecule has 0 atom stereocenters. The van der Waals surface area contributed by atoms with E-state index in [9.17, 15) is 9.18 Å². The quantitative estimate of drug-likeness (QED) is 0.841. The Labute approximate surface area is 145 Å². The first-order chi connectivity index (χ1) is 12.2. The maximum Gasteiger partial charge on any atom is 0.257 e. The van der Waals surface area contributed by atoms with E-state index in [1.807, 2.05) is 17.0 Å². The Balaban J connectivity index is 1.46. The first kappa shape index (κ1) is 15.7. The third-order valence-electron chi connectivity index (χ3n) is 4.56. The van der Waals surface area contributed by atoms with Crippen LogP contribution < -0.4 is 14.4 Å². The van der Waals surface area contributed by atoms with E-state index in [0.717, 1.165) is 5.69 Å². The molecule has 6 heteroatoms. The highest BCUT2D eigenvalue weighted by atomic mass is 19.1. The van der Waals surface area contributed by atoms with Crippen LogP contribution >= 0.6 is 0 Å². The Bertz CT molecular complexity index is 771. The van der Waals surface area contributed by atoms with Gasteiger partial charge in [0.1, 0.15) is 19.0 Å². The van der Waals surface area contributed by atoms with Crippen molar-refractivity contribution in [3.8, 4) is 11.5 Å². The SMILES string of the molecule is O=C(c1cccc2c1OCCO2)N1CCN(c2ccc(F)cc2)CC1. The van der Waals surface area contributed by atoms with Crippen molar-refractivity contribution in [2.24, 2.45) is 0 Å². The van der Waals surface area contributed by atoms with E-state index in [1.165, 1.54) is 12.1 Å². The predicted octanol–water partition coefficient (Wildman–Crippen LogP) is 2.56. The molecule has 0 saturated carbocycles. The Hall–Kier alpha value is -2.76. The van der Waals surface area contributed by atoms with Crippen molar-refractivity contribution in [1.29, 1.82) is 0 Å². The number of amides is 1. The lowest BCUT2D eigenvalue weighted by Crippen LogP contribution is -2.48. The van der Waals surface area contributed by atoms with Crippen molar-refractivity contribution >= 4 is 11.6 Å². The van der Waals surface area contributed by atoms with Crippen LogP contribution in [-0.4, -0.2) is 50.2 Å². The smallest absolute Gasteiger partial charge is 0.257 e. The van der Waals surface area contributed by atoms with E-state index >= 15 is 0 Å². The normalized spacial score (nSPS) is 16.7. The summed E-state index contributed by atoms with van der Waals surface area (Å²) >= 11 is 0. The first-order valence-electron chi connectivity index (χ1n) is 8.41. The van der Waals surface area contributed by atoms with Crippen molar-refractivity contribution in [2.45, 2.75) is 0 Å². The lowest BCUT2D eigenvalue weighted by atomic mass is 10.1. The van der Waals surface area contributed by atoms with Gasteiger partial charge in [-0.2, -0.15) is 0 Å². The minimum absolute atomic E-state index is 0.0406. The fourth-order valence-corrected chi connectivity index (χ4v) is 3.23. The zero-order valence-electron chi connectivity index (χ0n) is 13.8. The number of hydrogen-bond acceptors (Lipinski definition) is 4. The third-order valence-corrected chi connectivity index (χ3v) is 4.56. The summed E-state index contributed by atoms with van der Waals surface area (Å²) in [6.45, 7) is 3.60. The van der Waals surface area contributed by atoms with Crippen LogP contribution in [0.3, 0.4) is 0 Å². The van der Waals surface area contributed by atoms with Gasteiger partial charge in [0, 0.05) is 31.9 Å². The highest BCUT2D eigenvalue weighted by Crippen LogP contribution is 2.34. The maximum atomic E-state index is 13.1. The molecule has 0 aliphatic carbocycles. The summed E-state index contributed by atoms with van der Waals surface area (Å²) in [6.07, 6.45) is 0. The van der Waals surface area contributed by atoms with Gasteiger partial charge < -0.3 is 19.3 Å². The number of carbonyl (C=O) groups excluding carboxylic acids is 1. The maximum absolute atomic E-state index is 13.1. The second kappa shape index (κ2) is 6.63. The molecule has 0 spiro atoms. The van der Waals surface area contributed by atoms with Gasteiger partial charge in [0.25, 0.3) is 5.91 Å². The highest BCUT2D eigenvalue weighted by Gasteiger charge is 2.27. The van der Waals surface area contributed by atoms with Crippen LogP contribution in [0.5, 0.6) is 11.5 Å². The van der Waals surface area contributed by atoms with Gasteiger partial charge >= 0.3 is 0 Å². The average molecular weight is 342 g/mol. The van der Waals surface area contributed by atoms with E-state index in [-0.39, 0.29) is 11.7 Å². The molecule has 2 aromatic rings. The first-order valence-corrected chi connectivity index (χ1v) is 8.41. The monoisotopic (exact) mass is 342 g/mol. The number of anilines is 1. The molecule has 1 fully saturated rings. The fraction of sp³-hybridized carbons (Fsp3) is 0.316. The Kier molecular flexibility index (Phi) is 4.17. The largest absolute Gasteiger partial charge is 0.486 e. The zero-order valence-corrected chi connectivity index (χ0v) is 13.8. The summed E-state index contributed by atoms with van der Waals surface area (Å²) in [7, 11) is 0. The zero-order chi connectivity index (χ0) is 17.2. The number of benzene rings is 2. The van der Waals surface area contributed by atoms with Crippen LogP contribution in [0.15, 0.2) is 42.5 Å². The Morgan fingerprint density at radius 3 is 2.40 bits per heavy atom. The van der Waals surface area contributed by atoms with Gasteiger partial charge in [-0.05, 0) is 36.4 Å². The van der Waals surface area contributed by atoms with E-state index in [0.29, 0.717) is 56.5 Å². The molecule has 1 amide bonds. The number of ether oxygens (including phenoxy) is 2. The van der Waals surface area contributed by atoms with Gasteiger partial charge in [-0.15, -0.1) is 0 Å². The van der Waals surface area contributed by atoms with E-state index < -0.39 is 0 Å². The number of rotatable bonds is 2. The molecule has 5 nitrogen and oxygen atoms in total. The van der Waals surface area contributed by atoms with Crippen LogP contribution in [0.25, 0.3) is 0 Å². The number of piperazine rings is 1. The summed E-state index contributed by atoms with van der Waals surface area (Å²) in [5.41, 5.74) is 1.52. The lowest BCUT2D eigenvalue weighted by Gasteiger charge is -2.36. The molecule has 2 aromatic carbocycles. The highest BCUT2D eigenvalue weighted by molar-refractivity contribution is 5.98. The molecule has 130 valence electrons. The molecular weight excluding hydrogens is 323 g/mol. The number of hydrogen-bond donors (Lipinski definition) is 0. The van der Waals surface area contributed by atoms with Gasteiger partial charge in [0.15, 0.2) is 11.5 Å². The van der Waals surface area contributed by atoms with Crippen LogP contribution in [0, 0.1) is 5.82 Å². The molecule has 0 aromatic heterocycles. The van der Waals surface area contributed by atoms with Crippen LogP contribution in [0.2, 0.25) is 0 Å². The number of fused-ring (bicyclic) bond motifs is 1. The molecule has 4 rings (SSSR count). The molecule has 2 heterocycles. The van der Waals surface area contributed by atoms with Gasteiger partial charge in [-0.3, -0.25) is 4.79 Å². The molecular formula is C19H19FN2O3. The summed E-state index contributed by atoms with van der Waals surface area (Å²) in [6, 6.07) is 11.9. The minimum atomic E-state index is -0.242. The van der Waals surface area contributed by atoms with E-state index in [1.54, 1.807) is 18.2 Å². The lowest BCUT2D eigenvalue weighted by molar-refractivity contribution is 0.0736. The Morgan fingerprint density at radius 1 is 0.920 bits per heavy atom. The van der Waals surface area contributed by atoms with E-state index in [4.69, 9.17) is 9.47 Å². The van der Waals surface area contributed by atoms with Gasteiger partial charge in [0.05, 0.1) is 5.56 Å².